The Morgan fingerprint density at radius 2 is 1.85 bits per heavy atom. The van der Waals surface area contributed by atoms with Gasteiger partial charge in [0.1, 0.15) is 0 Å². The zero-order valence-electron chi connectivity index (χ0n) is 17.1. The van der Waals surface area contributed by atoms with Gasteiger partial charge in [-0.2, -0.15) is 0 Å². The number of hydrogen-bond acceptors (Lipinski definition) is 5. The van der Waals surface area contributed by atoms with Crippen molar-refractivity contribution in [1.29, 1.82) is 0 Å². The van der Waals surface area contributed by atoms with Crippen LogP contribution in [0.1, 0.15) is 66.2 Å². The molecule has 0 radical (unpaired) electrons. The van der Waals surface area contributed by atoms with Crippen LogP contribution >= 0.6 is 0 Å². The van der Waals surface area contributed by atoms with Crippen molar-refractivity contribution in [3.8, 4) is 0 Å². The van der Waals surface area contributed by atoms with E-state index in [0.29, 0.717) is 0 Å². The van der Waals surface area contributed by atoms with E-state index in [1.807, 2.05) is 0 Å². The van der Waals surface area contributed by atoms with Crippen molar-refractivity contribution < 1.29 is 24.5 Å². The van der Waals surface area contributed by atoms with Crippen LogP contribution < -0.4 is 0 Å². The van der Waals surface area contributed by atoms with E-state index in [-0.39, 0.29) is 40.4 Å². The minimum Gasteiger partial charge on any atom is -0.504 e. The molecular formula is C22H32O5. The number of aliphatic hydroxyl groups excluding tert-OH is 1. The Kier molecular flexibility index (Phi) is 4.82. The van der Waals surface area contributed by atoms with Crippen LogP contribution in [0.5, 0.6) is 0 Å². The van der Waals surface area contributed by atoms with Crippen LogP contribution in [-0.4, -0.2) is 34.5 Å². The number of hydrogen-bond donors (Lipinski definition) is 2. The van der Waals surface area contributed by atoms with Crippen molar-refractivity contribution in [2.24, 2.45) is 22.7 Å². The van der Waals surface area contributed by atoms with Crippen LogP contribution in [-0.2, 0) is 14.3 Å². The molecule has 27 heavy (non-hydrogen) atoms. The summed E-state index contributed by atoms with van der Waals surface area (Å²) in [6.07, 6.45) is 5.83. The van der Waals surface area contributed by atoms with Crippen LogP contribution in [0.15, 0.2) is 23.2 Å². The Hall–Kier alpha value is -1.62. The standard InChI is InChI=1S/C22H32O5/c1-13-8-10-22(26)17(7-6-9-20(22,2)3)21(13,4)12-14-18(24)15(23)11-16(27-5)19(14)25/h11,13,17,24,26H,6-10,12H2,1-5H3. The Morgan fingerprint density at radius 3 is 2.48 bits per heavy atom. The minimum absolute atomic E-state index is 0.0117. The van der Waals surface area contributed by atoms with Crippen LogP contribution in [0, 0.1) is 22.7 Å². The first kappa shape index (κ1) is 20.1. The molecule has 2 N–H and O–H groups in total. The molecule has 0 bridgehead atoms. The third-order valence-corrected chi connectivity index (χ3v) is 7.98. The van der Waals surface area contributed by atoms with Gasteiger partial charge in [0.05, 0.1) is 12.7 Å². The zero-order valence-corrected chi connectivity index (χ0v) is 17.1. The van der Waals surface area contributed by atoms with Crippen LogP contribution in [0.2, 0.25) is 0 Å². The summed E-state index contributed by atoms with van der Waals surface area (Å²) >= 11 is 0. The zero-order chi connectivity index (χ0) is 20.2. The van der Waals surface area contributed by atoms with Gasteiger partial charge in [-0.25, -0.2) is 0 Å². The number of carbonyl (C=O) groups is 2. The maximum atomic E-state index is 12.8. The molecular weight excluding hydrogens is 344 g/mol. The topological polar surface area (TPSA) is 83.8 Å². The number of Topliss-reactive ketones (excluding diaryl/α,β-unsaturated/α-hetero) is 1. The summed E-state index contributed by atoms with van der Waals surface area (Å²) in [6, 6.07) is 0. The summed E-state index contributed by atoms with van der Waals surface area (Å²) in [6.45, 7) is 8.53. The van der Waals surface area contributed by atoms with Crippen molar-refractivity contribution in [3.63, 3.8) is 0 Å². The molecule has 3 aliphatic rings. The molecule has 5 nitrogen and oxygen atoms in total. The highest BCUT2D eigenvalue weighted by molar-refractivity contribution is 6.20. The van der Waals surface area contributed by atoms with Crippen molar-refractivity contribution >= 4 is 11.6 Å². The molecule has 5 heteroatoms. The first-order chi connectivity index (χ1) is 12.5. The second-order valence-electron chi connectivity index (χ2n) is 9.61. The van der Waals surface area contributed by atoms with Crippen molar-refractivity contribution in [2.75, 3.05) is 7.11 Å². The van der Waals surface area contributed by atoms with Gasteiger partial charge in [0.2, 0.25) is 11.6 Å². The highest BCUT2D eigenvalue weighted by Gasteiger charge is 2.61. The third-order valence-electron chi connectivity index (χ3n) is 7.98. The Bertz CT molecular complexity index is 731. The summed E-state index contributed by atoms with van der Waals surface area (Å²) in [7, 11) is 1.35. The number of allylic oxidation sites excluding steroid dienone is 2. The SMILES string of the molecule is COC1=CC(=O)C(O)=C(CC2(C)C(C)CCC3(O)C2CCCC3(C)C)C1=O. The fraction of sp³-hybridized carbons (Fsp3) is 0.727. The molecule has 0 amide bonds. The van der Waals surface area contributed by atoms with Gasteiger partial charge in [-0.1, -0.05) is 34.1 Å². The molecule has 0 heterocycles. The minimum atomic E-state index is -0.801. The lowest BCUT2D eigenvalue weighted by Gasteiger charge is -2.62. The Labute approximate surface area is 161 Å². The number of ether oxygens (including phenoxy) is 1. The predicted octanol–water partition coefficient (Wildman–Crippen LogP) is 3.86. The number of rotatable bonds is 3. The summed E-state index contributed by atoms with van der Waals surface area (Å²) in [5.41, 5.74) is -1.26. The number of fused-ring (bicyclic) bond motifs is 1. The number of ketones is 2. The van der Waals surface area contributed by atoms with Gasteiger partial charge in [0, 0.05) is 11.6 Å². The van der Waals surface area contributed by atoms with E-state index in [1.165, 1.54) is 7.11 Å². The van der Waals surface area contributed by atoms with Crippen LogP contribution in [0.25, 0.3) is 0 Å². The lowest BCUT2D eigenvalue weighted by Crippen LogP contribution is -2.62. The second kappa shape index (κ2) is 6.47. The van der Waals surface area contributed by atoms with E-state index in [0.717, 1.165) is 38.2 Å². The molecule has 4 atom stereocenters. The van der Waals surface area contributed by atoms with E-state index >= 15 is 0 Å². The largest absolute Gasteiger partial charge is 0.504 e. The van der Waals surface area contributed by atoms with E-state index in [9.17, 15) is 19.8 Å². The van der Waals surface area contributed by atoms with Crippen molar-refractivity contribution in [2.45, 2.75) is 71.8 Å². The molecule has 4 unspecified atom stereocenters. The number of carbonyl (C=O) groups excluding carboxylic acids is 2. The van der Waals surface area contributed by atoms with Crippen LogP contribution in [0.4, 0.5) is 0 Å². The fourth-order valence-electron chi connectivity index (χ4n) is 5.82. The molecule has 150 valence electrons. The lowest BCUT2D eigenvalue weighted by molar-refractivity contribution is -0.211. The van der Waals surface area contributed by atoms with Gasteiger partial charge < -0.3 is 14.9 Å². The molecule has 2 saturated carbocycles. The smallest absolute Gasteiger partial charge is 0.227 e. The molecule has 0 saturated heterocycles. The quantitative estimate of drug-likeness (QED) is 0.731. The lowest BCUT2D eigenvalue weighted by atomic mass is 9.45. The Balaban J connectivity index is 2.02. The van der Waals surface area contributed by atoms with Crippen molar-refractivity contribution in [1.82, 2.24) is 0 Å². The average molecular weight is 376 g/mol. The molecule has 3 aliphatic carbocycles. The summed E-state index contributed by atoms with van der Waals surface area (Å²) in [5, 5.41) is 22.1. The summed E-state index contributed by atoms with van der Waals surface area (Å²) < 4.78 is 5.06. The van der Waals surface area contributed by atoms with E-state index < -0.39 is 22.9 Å². The van der Waals surface area contributed by atoms with Crippen molar-refractivity contribution in [3.05, 3.63) is 23.2 Å². The van der Waals surface area contributed by atoms with Gasteiger partial charge in [0.25, 0.3) is 0 Å². The van der Waals surface area contributed by atoms with Gasteiger partial charge >= 0.3 is 0 Å². The molecule has 0 aromatic rings. The van der Waals surface area contributed by atoms with E-state index in [4.69, 9.17) is 4.74 Å². The second-order valence-corrected chi connectivity index (χ2v) is 9.61. The van der Waals surface area contributed by atoms with Gasteiger partial charge in [-0.3, -0.25) is 9.59 Å². The average Bonchev–Trinajstić information content (AvgIpc) is 2.60. The number of aliphatic hydroxyl groups is 2. The maximum absolute atomic E-state index is 12.8. The predicted molar refractivity (Wildman–Crippen MR) is 102 cm³/mol. The highest BCUT2D eigenvalue weighted by Crippen LogP contribution is 2.62. The van der Waals surface area contributed by atoms with Gasteiger partial charge in [0.15, 0.2) is 11.5 Å². The molecule has 3 rings (SSSR count). The molecule has 0 aromatic heterocycles. The first-order valence-corrected chi connectivity index (χ1v) is 9.97. The van der Waals surface area contributed by atoms with E-state index in [2.05, 4.69) is 27.7 Å². The molecule has 0 aromatic carbocycles. The van der Waals surface area contributed by atoms with Gasteiger partial charge in [-0.05, 0) is 54.8 Å². The molecule has 0 aliphatic heterocycles. The highest BCUT2D eigenvalue weighted by atomic mass is 16.5. The maximum Gasteiger partial charge on any atom is 0.227 e. The van der Waals surface area contributed by atoms with Crippen LogP contribution in [0.3, 0.4) is 0 Å². The third kappa shape index (κ3) is 2.86. The molecule has 2 fully saturated rings. The normalized spacial score (nSPS) is 39.1. The monoisotopic (exact) mass is 376 g/mol. The fourth-order valence-corrected chi connectivity index (χ4v) is 5.82. The summed E-state index contributed by atoms with van der Waals surface area (Å²) in [4.78, 5) is 24.9. The molecule has 0 spiro atoms. The summed E-state index contributed by atoms with van der Waals surface area (Å²) in [5.74, 6) is -1.24. The Morgan fingerprint density at radius 1 is 1.19 bits per heavy atom. The van der Waals surface area contributed by atoms with Gasteiger partial charge in [-0.15, -0.1) is 0 Å². The first-order valence-electron chi connectivity index (χ1n) is 9.97. The van der Waals surface area contributed by atoms with E-state index in [1.54, 1.807) is 0 Å². The number of methoxy groups -OCH3 is 1.